The van der Waals surface area contributed by atoms with Crippen LogP contribution in [0.15, 0.2) is 12.1 Å². The molecule has 0 amide bonds. The van der Waals surface area contributed by atoms with E-state index in [1.54, 1.807) is 6.07 Å². The number of halogens is 1. The molecule has 1 fully saturated rings. The number of fused-ring (bicyclic) bond motifs is 1. The number of aliphatic hydroxyl groups excluding tert-OH is 1. The average Bonchev–Trinajstić information content (AvgIpc) is 2.89. The van der Waals surface area contributed by atoms with Crippen LogP contribution in [0.25, 0.3) is 0 Å². The molecule has 5 nitrogen and oxygen atoms in total. The van der Waals surface area contributed by atoms with Gasteiger partial charge < -0.3 is 20.5 Å². The Bertz CT molecular complexity index is 544. The number of benzene rings is 1. The molecule has 0 radical (unpaired) electrons. The van der Waals surface area contributed by atoms with Crippen LogP contribution in [0.5, 0.6) is 0 Å². The predicted molar refractivity (Wildman–Crippen MR) is 86.4 cm³/mol. The minimum Gasteiger partial charge on any atom is -0.457 e. The van der Waals surface area contributed by atoms with Gasteiger partial charge in [0.1, 0.15) is 6.61 Å². The Morgan fingerprint density at radius 1 is 1.50 bits per heavy atom. The normalized spacial score (nSPS) is 21.7. The highest BCUT2D eigenvalue weighted by Crippen LogP contribution is 2.28. The number of hydrogen-bond donors (Lipinski definition) is 3. The number of nitrogens with one attached hydrogen (secondary N) is 2. The number of carbonyl (C=O) groups is 1. The van der Waals surface area contributed by atoms with Crippen LogP contribution in [-0.2, 0) is 11.3 Å². The van der Waals surface area contributed by atoms with Gasteiger partial charge in [0.05, 0.1) is 11.7 Å². The lowest BCUT2D eigenvalue weighted by molar-refractivity contribution is 0.0535. The maximum atomic E-state index is 11.5. The van der Waals surface area contributed by atoms with Gasteiger partial charge in [-0.05, 0) is 43.5 Å². The van der Waals surface area contributed by atoms with E-state index in [4.69, 9.17) is 4.74 Å². The Balaban J connectivity index is 0.00000176. The maximum Gasteiger partial charge on any atom is 0.338 e. The lowest BCUT2D eigenvalue weighted by Crippen LogP contribution is -2.44. The molecule has 0 saturated carbocycles. The van der Waals surface area contributed by atoms with Crippen molar-refractivity contribution in [3.63, 3.8) is 0 Å². The zero-order valence-electron chi connectivity index (χ0n) is 12.7. The topological polar surface area (TPSA) is 70.6 Å². The molecule has 0 aliphatic carbocycles. The Kier molecular flexibility index (Phi) is 5.81. The van der Waals surface area contributed by atoms with Crippen LogP contribution in [0.2, 0.25) is 0 Å². The van der Waals surface area contributed by atoms with Crippen LogP contribution in [-0.4, -0.2) is 36.8 Å². The number of hydrogen-bond acceptors (Lipinski definition) is 5. The number of esters is 1. The summed E-state index contributed by atoms with van der Waals surface area (Å²) < 4.78 is 5.05. The second kappa shape index (κ2) is 7.42. The molecule has 122 valence electrons. The monoisotopic (exact) mass is 326 g/mol. The van der Waals surface area contributed by atoms with Gasteiger partial charge in [0.15, 0.2) is 0 Å². The van der Waals surface area contributed by atoms with Crippen LogP contribution in [0.1, 0.15) is 46.0 Å². The highest BCUT2D eigenvalue weighted by atomic mass is 35.5. The van der Waals surface area contributed by atoms with Crippen LogP contribution < -0.4 is 10.6 Å². The molecule has 6 heteroatoms. The first-order chi connectivity index (χ1) is 10.2. The summed E-state index contributed by atoms with van der Waals surface area (Å²) in [7, 11) is 0. The van der Waals surface area contributed by atoms with Crippen LogP contribution in [0, 0.1) is 6.92 Å². The van der Waals surface area contributed by atoms with Crippen LogP contribution in [0.4, 0.5) is 0 Å². The molecule has 2 aliphatic heterocycles. The standard InChI is InChI=1S/C16H22N2O3.ClH/c1-10-12(4-5-13-14(10)9-21-16(13)20)15(19)8-18-11-3-2-6-17-7-11;/h4-5,11,15,17-19H,2-3,6-9H2,1H3;1H. The fourth-order valence-electron chi connectivity index (χ4n) is 3.14. The highest BCUT2D eigenvalue weighted by Gasteiger charge is 2.25. The third kappa shape index (κ3) is 3.43. The Labute approximate surface area is 136 Å². The molecule has 1 saturated heterocycles. The summed E-state index contributed by atoms with van der Waals surface area (Å²) in [6.45, 7) is 4.83. The third-order valence-electron chi connectivity index (χ3n) is 4.46. The van der Waals surface area contributed by atoms with Crippen molar-refractivity contribution in [2.24, 2.45) is 0 Å². The number of rotatable bonds is 4. The molecule has 2 heterocycles. The van der Waals surface area contributed by atoms with Crippen molar-refractivity contribution in [2.45, 2.75) is 38.5 Å². The molecule has 0 aromatic heterocycles. The second-order valence-corrected chi connectivity index (χ2v) is 5.85. The summed E-state index contributed by atoms with van der Waals surface area (Å²) in [6, 6.07) is 4.03. The lowest BCUT2D eigenvalue weighted by atomic mass is 9.95. The number of ether oxygens (including phenoxy) is 1. The fourth-order valence-corrected chi connectivity index (χ4v) is 3.14. The van der Waals surface area contributed by atoms with Gasteiger partial charge >= 0.3 is 5.97 Å². The highest BCUT2D eigenvalue weighted by molar-refractivity contribution is 5.93. The zero-order valence-corrected chi connectivity index (χ0v) is 13.5. The van der Waals surface area contributed by atoms with Crippen LogP contribution in [0.3, 0.4) is 0 Å². The van der Waals surface area contributed by atoms with Gasteiger partial charge in [-0.15, -0.1) is 12.4 Å². The number of aliphatic hydroxyl groups is 1. The Hall–Kier alpha value is -1.14. The zero-order chi connectivity index (χ0) is 14.8. The van der Waals surface area contributed by atoms with Gasteiger partial charge in [0.25, 0.3) is 0 Å². The average molecular weight is 327 g/mol. The molecule has 3 rings (SSSR count). The lowest BCUT2D eigenvalue weighted by Gasteiger charge is -2.25. The maximum absolute atomic E-state index is 11.5. The summed E-state index contributed by atoms with van der Waals surface area (Å²) >= 11 is 0. The molecule has 1 aromatic carbocycles. The largest absolute Gasteiger partial charge is 0.457 e. The fraction of sp³-hybridized carbons (Fsp3) is 0.562. The van der Waals surface area contributed by atoms with E-state index in [1.165, 1.54) is 6.42 Å². The molecular formula is C16H23ClN2O3. The first-order valence-corrected chi connectivity index (χ1v) is 7.58. The van der Waals surface area contributed by atoms with Gasteiger partial charge in [-0.2, -0.15) is 0 Å². The first-order valence-electron chi connectivity index (χ1n) is 7.58. The first kappa shape index (κ1) is 17.2. The summed E-state index contributed by atoms with van der Waals surface area (Å²) in [5.74, 6) is -0.263. The molecule has 0 spiro atoms. The molecule has 1 aromatic rings. The molecule has 3 N–H and O–H groups in total. The minimum absolute atomic E-state index is 0. The van der Waals surface area contributed by atoms with Crippen molar-refractivity contribution in [2.75, 3.05) is 19.6 Å². The predicted octanol–water partition coefficient (Wildman–Crippen LogP) is 1.46. The summed E-state index contributed by atoms with van der Waals surface area (Å²) in [4.78, 5) is 11.5. The smallest absolute Gasteiger partial charge is 0.338 e. The Morgan fingerprint density at radius 3 is 3.05 bits per heavy atom. The summed E-state index contributed by atoms with van der Waals surface area (Å²) in [5.41, 5.74) is 3.39. The van der Waals surface area contributed by atoms with Gasteiger partial charge in [0, 0.05) is 24.7 Å². The molecule has 0 bridgehead atoms. The van der Waals surface area contributed by atoms with Crippen molar-refractivity contribution >= 4 is 18.4 Å². The molecule has 2 aliphatic rings. The van der Waals surface area contributed by atoms with Gasteiger partial charge in [-0.25, -0.2) is 4.79 Å². The van der Waals surface area contributed by atoms with E-state index >= 15 is 0 Å². The minimum atomic E-state index is -0.562. The van der Waals surface area contributed by atoms with E-state index in [0.29, 0.717) is 24.8 Å². The van der Waals surface area contributed by atoms with Crippen molar-refractivity contribution in [3.05, 3.63) is 34.4 Å². The van der Waals surface area contributed by atoms with Gasteiger partial charge in [-0.3, -0.25) is 0 Å². The van der Waals surface area contributed by atoms with Crippen molar-refractivity contribution in [3.8, 4) is 0 Å². The number of piperidine rings is 1. The van der Waals surface area contributed by atoms with Gasteiger partial charge in [0.2, 0.25) is 0 Å². The van der Waals surface area contributed by atoms with E-state index in [0.717, 1.165) is 36.2 Å². The summed E-state index contributed by atoms with van der Waals surface area (Å²) in [5, 5.41) is 17.2. The molecule has 22 heavy (non-hydrogen) atoms. The van der Waals surface area contributed by atoms with E-state index in [1.807, 2.05) is 13.0 Å². The quantitative estimate of drug-likeness (QED) is 0.731. The molecule has 2 atom stereocenters. The van der Waals surface area contributed by atoms with Crippen molar-refractivity contribution < 1.29 is 14.6 Å². The van der Waals surface area contributed by atoms with Crippen molar-refractivity contribution in [1.82, 2.24) is 10.6 Å². The van der Waals surface area contributed by atoms with Gasteiger partial charge in [-0.1, -0.05) is 6.07 Å². The number of cyclic esters (lactones) is 1. The van der Waals surface area contributed by atoms with E-state index in [2.05, 4.69) is 10.6 Å². The van der Waals surface area contributed by atoms with E-state index < -0.39 is 6.10 Å². The van der Waals surface area contributed by atoms with Crippen LogP contribution >= 0.6 is 12.4 Å². The molecule has 2 unspecified atom stereocenters. The third-order valence-corrected chi connectivity index (χ3v) is 4.46. The van der Waals surface area contributed by atoms with E-state index in [-0.39, 0.29) is 18.4 Å². The summed E-state index contributed by atoms with van der Waals surface area (Å²) in [6.07, 6.45) is 1.75. The van der Waals surface area contributed by atoms with E-state index in [9.17, 15) is 9.90 Å². The Morgan fingerprint density at radius 2 is 2.32 bits per heavy atom. The molecular weight excluding hydrogens is 304 g/mol. The second-order valence-electron chi connectivity index (χ2n) is 5.85. The SMILES string of the molecule is Cc1c(C(O)CNC2CCCNC2)ccc2c1COC2=O.Cl. The number of carbonyl (C=O) groups excluding carboxylic acids is 1. The van der Waals surface area contributed by atoms with Crippen molar-refractivity contribution in [1.29, 1.82) is 0 Å².